The lowest BCUT2D eigenvalue weighted by molar-refractivity contribution is 0.372. The van der Waals surface area contributed by atoms with Crippen LogP contribution >= 0.6 is 0 Å². The summed E-state index contributed by atoms with van der Waals surface area (Å²) in [6, 6.07) is 4.72. The molecule has 1 N–H and O–H groups in total. The molecule has 1 aromatic rings. The Hall–Kier alpha value is -1.09. The molecule has 1 fully saturated rings. The summed E-state index contributed by atoms with van der Waals surface area (Å²) >= 11 is 0. The lowest BCUT2D eigenvalue weighted by Gasteiger charge is -2.21. The molecule has 100 valence electrons. The van der Waals surface area contributed by atoms with E-state index in [0.29, 0.717) is 6.04 Å². The molecular weight excluding hydrogens is 224 g/mol. The van der Waals surface area contributed by atoms with Gasteiger partial charge in [0.1, 0.15) is 0 Å². The van der Waals surface area contributed by atoms with E-state index in [4.69, 9.17) is 4.74 Å². The zero-order valence-corrected chi connectivity index (χ0v) is 11.3. The monoisotopic (exact) mass is 248 g/mol. The van der Waals surface area contributed by atoms with E-state index >= 15 is 0 Å². The van der Waals surface area contributed by atoms with E-state index in [1.54, 1.807) is 13.3 Å². The molecule has 3 heteroatoms. The second kappa shape index (κ2) is 7.37. The van der Waals surface area contributed by atoms with Gasteiger partial charge in [-0.15, -0.1) is 0 Å². The van der Waals surface area contributed by atoms with Gasteiger partial charge in [0.15, 0.2) is 0 Å². The summed E-state index contributed by atoms with van der Waals surface area (Å²) in [6.45, 7) is 0.863. The summed E-state index contributed by atoms with van der Waals surface area (Å²) in [6.07, 6.45) is 11.3. The van der Waals surface area contributed by atoms with Gasteiger partial charge >= 0.3 is 0 Å². The molecule has 1 aliphatic carbocycles. The number of ether oxygens (including phenoxy) is 1. The van der Waals surface area contributed by atoms with Gasteiger partial charge in [-0.25, -0.2) is 4.98 Å². The van der Waals surface area contributed by atoms with E-state index in [0.717, 1.165) is 18.0 Å². The number of nitrogens with zero attached hydrogens (tertiary/aromatic N) is 1. The fraction of sp³-hybridized carbons (Fsp3) is 0.667. The van der Waals surface area contributed by atoms with Gasteiger partial charge in [-0.05, 0) is 18.9 Å². The van der Waals surface area contributed by atoms with Crippen molar-refractivity contribution < 1.29 is 4.74 Å². The lowest BCUT2D eigenvalue weighted by Crippen LogP contribution is -2.29. The lowest BCUT2D eigenvalue weighted by atomic mass is 9.96. The first-order valence-electron chi connectivity index (χ1n) is 7.11. The van der Waals surface area contributed by atoms with Crippen molar-refractivity contribution >= 4 is 0 Å². The first-order chi connectivity index (χ1) is 8.90. The summed E-state index contributed by atoms with van der Waals surface area (Å²) in [5.74, 6) is 0.746. The topological polar surface area (TPSA) is 34.1 Å². The average molecular weight is 248 g/mol. The summed E-state index contributed by atoms with van der Waals surface area (Å²) < 4.78 is 5.28. The van der Waals surface area contributed by atoms with E-state index in [1.165, 1.54) is 44.9 Å². The van der Waals surface area contributed by atoms with Crippen molar-refractivity contribution in [3.63, 3.8) is 0 Å². The molecule has 1 heterocycles. The highest BCUT2D eigenvalue weighted by molar-refractivity contribution is 5.25. The Labute approximate surface area is 110 Å². The molecule has 0 unspecified atom stereocenters. The van der Waals surface area contributed by atoms with Crippen LogP contribution in [0.5, 0.6) is 5.88 Å². The van der Waals surface area contributed by atoms with Gasteiger partial charge < -0.3 is 10.1 Å². The van der Waals surface area contributed by atoms with Crippen molar-refractivity contribution in [3.8, 4) is 5.88 Å². The molecule has 0 spiro atoms. The summed E-state index contributed by atoms with van der Waals surface area (Å²) in [7, 11) is 1.68. The predicted octanol–water partition coefficient (Wildman–Crippen LogP) is 3.29. The molecule has 1 saturated carbocycles. The largest absolute Gasteiger partial charge is 0.481 e. The number of aromatic nitrogens is 1. The summed E-state index contributed by atoms with van der Waals surface area (Å²) in [5, 5.41) is 3.66. The molecule has 0 saturated heterocycles. The van der Waals surface area contributed by atoms with Gasteiger partial charge in [0.2, 0.25) is 5.88 Å². The SMILES string of the molecule is COc1ncccc1CNC1CCCCCCC1. The maximum Gasteiger partial charge on any atom is 0.217 e. The van der Waals surface area contributed by atoms with Gasteiger partial charge in [0.25, 0.3) is 0 Å². The zero-order chi connectivity index (χ0) is 12.6. The van der Waals surface area contributed by atoms with Crippen LogP contribution < -0.4 is 10.1 Å². The normalized spacial score (nSPS) is 18.1. The highest BCUT2D eigenvalue weighted by atomic mass is 16.5. The molecule has 0 aromatic carbocycles. The molecule has 1 aliphatic rings. The second-order valence-electron chi connectivity index (χ2n) is 5.09. The molecule has 3 nitrogen and oxygen atoms in total. The van der Waals surface area contributed by atoms with Gasteiger partial charge in [0, 0.05) is 24.3 Å². The fourth-order valence-electron chi connectivity index (χ4n) is 2.66. The van der Waals surface area contributed by atoms with Crippen molar-refractivity contribution in [1.82, 2.24) is 10.3 Å². The minimum absolute atomic E-state index is 0.662. The number of pyridine rings is 1. The maximum absolute atomic E-state index is 5.28. The molecule has 0 atom stereocenters. The van der Waals surface area contributed by atoms with E-state index in [-0.39, 0.29) is 0 Å². The van der Waals surface area contributed by atoms with Crippen LogP contribution in [0.4, 0.5) is 0 Å². The smallest absolute Gasteiger partial charge is 0.217 e. The average Bonchev–Trinajstić information content (AvgIpc) is 2.38. The van der Waals surface area contributed by atoms with E-state index < -0.39 is 0 Å². The van der Waals surface area contributed by atoms with Crippen molar-refractivity contribution in [2.45, 2.75) is 57.5 Å². The van der Waals surface area contributed by atoms with Gasteiger partial charge in [-0.2, -0.15) is 0 Å². The van der Waals surface area contributed by atoms with Crippen LogP contribution in [0, 0.1) is 0 Å². The van der Waals surface area contributed by atoms with E-state index in [9.17, 15) is 0 Å². The first kappa shape index (κ1) is 13.3. The van der Waals surface area contributed by atoms with E-state index in [2.05, 4.69) is 16.4 Å². The van der Waals surface area contributed by atoms with Gasteiger partial charge in [-0.1, -0.05) is 38.2 Å². The molecule has 0 amide bonds. The molecule has 0 bridgehead atoms. The van der Waals surface area contributed by atoms with Crippen LogP contribution in [0.1, 0.15) is 50.5 Å². The number of hydrogen-bond acceptors (Lipinski definition) is 3. The fourth-order valence-corrected chi connectivity index (χ4v) is 2.66. The second-order valence-corrected chi connectivity index (χ2v) is 5.09. The third-order valence-corrected chi connectivity index (χ3v) is 3.73. The Morgan fingerprint density at radius 3 is 2.67 bits per heavy atom. The van der Waals surface area contributed by atoms with Crippen LogP contribution in [0.3, 0.4) is 0 Å². The Balaban J connectivity index is 1.85. The van der Waals surface area contributed by atoms with Crippen LogP contribution in [0.15, 0.2) is 18.3 Å². The molecular formula is C15H24N2O. The molecule has 18 heavy (non-hydrogen) atoms. The van der Waals surface area contributed by atoms with Crippen LogP contribution in [0.2, 0.25) is 0 Å². The number of nitrogens with one attached hydrogen (secondary N) is 1. The van der Waals surface area contributed by atoms with Crippen LogP contribution in [0.25, 0.3) is 0 Å². The number of methoxy groups -OCH3 is 1. The van der Waals surface area contributed by atoms with Crippen LogP contribution in [-0.4, -0.2) is 18.1 Å². The Bertz CT molecular complexity index is 346. The summed E-state index contributed by atoms with van der Waals surface area (Å²) in [4.78, 5) is 4.23. The molecule has 1 aromatic heterocycles. The van der Waals surface area contributed by atoms with Crippen molar-refractivity contribution in [2.24, 2.45) is 0 Å². The number of rotatable bonds is 4. The molecule has 2 rings (SSSR count). The standard InChI is InChI=1S/C15H24N2O/c1-18-15-13(8-7-11-16-15)12-17-14-9-5-3-2-4-6-10-14/h7-8,11,14,17H,2-6,9-10,12H2,1H3. The van der Waals surface area contributed by atoms with Crippen molar-refractivity contribution in [2.75, 3.05) is 7.11 Å². The molecule has 0 radical (unpaired) electrons. The highest BCUT2D eigenvalue weighted by Gasteiger charge is 2.11. The van der Waals surface area contributed by atoms with Crippen LogP contribution in [-0.2, 0) is 6.54 Å². The zero-order valence-electron chi connectivity index (χ0n) is 11.3. The Kier molecular flexibility index (Phi) is 5.46. The number of hydrogen-bond donors (Lipinski definition) is 1. The molecule has 0 aliphatic heterocycles. The maximum atomic E-state index is 5.28. The summed E-state index contributed by atoms with van der Waals surface area (Å²) in [5.41, 5.74) is 1.15. The van der Waals surface area contributed by atoms with Gasteiger partial charge in [0.05, 0.1) is 7.11 Å². The van der Waals surface area contributed by atoms with Gasteiger partial charge in [-0.3, -0.25) is 0 Å². The first-order valence-corrected chi connectivity index (χ1v) is 7.11. The minimum atomic E-state index is 0.662. The minimum Gasteiger partial charge on any atom is -0.481 e. The Morgan fingerprint density at radius 2 is 1.94 bits per heavy atom. The predicted molar refractivity (Wildman–Crippen MR) is 73.7 cm³/mol. The highest BCUT2D eigenvalue weighted by Crippen LogP contribution is 2.19. The quantitative estimate of drug-likeness (QED) is 0.887. The third kappa shape index (κ3) is 3.98. The Morgan fingerprint density at radius 1 is 1.22 bits per heavy atom. The van der Waals surface area contributed by atoms with E-state index in [1.807, 2.05) is 6.07 Å². The van der Waals surface area contributed by atoms with Crippen molar-refractivity contribution in [1.29, 1.82) is 0 Å². The third-order valence-electron chi connectivity index (χ3n) is 3.73. The van der Waals surface area contributed by atoms with Crippen molar-refractivity contribution in [3.05, 3.63) is 23.9 Å².